The van der Waals surface area contributed by atoms with Gasteiger partial charge >= 0.3 is 0 Å². The lowest BCUT2D eigenvalue weighted by Crippen LogP contribution is -2.11. The van der Waals surface area contributed by atoms with Gasteiger partial charge in [0.1, 0.15) is 0 Å². The van der Waals surface area contributed by atoms with Crippen LogP contribution in [0.3, 0.4) is 0 Å². The molecule has 11 aromatic rings. The van der Waals surface area contributed by atoms with Crippen molar-refractivity contribution >= 4 is 60.4 Å². The third-order valence-corrected chi connectivity index (χ3v) is 11.6. The summed E-state index contributed by atoms with van der Waals surface area (Å²) in [4.78, 5) is 2.41. The zero-order chi connectivity index (χ0) is 38.4. The molecule has 0 amide bonds. The molecule has 0 aliphatic carbocycles. The number of hydrogen-bond acceptors (Lipinski definition) is 1. The predicted molar refractivity (Wildman–Crippen MR) is 247 cm³/mol. The highest BCUT2D eigenvalue weighted by molar-refractivity contribution is 6.11. The number of rotatable bonds is 7. The van der Waals surface area contributed by atoms with Gasteiger partial charge in [0.2, 0.25) is 0 Å². The van der Waals surface area contributed by atoms with Crippen LogP contribution in [0.15, 0.2) is 231 Å². The molecule has 0 radical (unpaired) electrons. The Kier molecular flexibility index (Phi) is 8.19. The van der Waals surface area contributed by atoms with Gasteiger partial charge in [-0.3, -0.25) is 0 Å². The number of anilines is 3. The molecule has 0 fully saturated rings. The highest BCUT2D eigenvalue weighted by atomic mass is 15.1. The van der Waals surface area contributed by atoms with E-state index < -0.39 is 0 Å². The van der Waals surface area contributed by atoms with E-state index >= 15 is 0 Å². The average Bonchev–Trinajstić information content (AvgIpc) is 3.64. The quantitative estimate of drug-likeness (QED) is 0.148. The predicted octanol–water partition coefficient (Wildman–Crippen LogP) is 15.6. The van der Waals surface area contributed by atoms with E-state index in [0.29, 0.717) is 0 Å². The molecule has 0 saturated heterocycles. The van der Waals surface area contributed by atoms with E-state index in [-0.39, 0.29) is 0 Å². The van der Waals surface area contributed by atoms with Gasteiger partial charge in [0, 0.05) is 33.3 Å². The fraction of sp³-hybridized carbons (Fsp3) is 0. The fourth-order valence-corrected chi connectivity index (χ4v) is 8.94. The normalized spacial score (nSPS) is 11.4. The van der Waals surface area contributed by atoms with Crippen molar-refractivity contribution < 1.29 is 0 Å². The van der Waals surface area contributed by atoms with E-state index in [0.717, 1.165) is 28.3 Å². The molecule has 11 rings (SSSR count). The average molecular weight is 739 g/mol. The molecular weight excluding hydrogens is 701 g/mol. The van der Waals surface area contributed by atoms with E-state index in [1.54, 1.807) is 0 Å². The van der Waals surface area contributed by atoms with Crippen molar-refractivity contribution in [3.63, 3.8) is 0 Å². The molecular formula is C56H38N2. The molecule has 1 heterocycles. The Morgan fingerprint density at radius 2 is 0.845 bits per heavy atom. The SMILES string of the molecule is c1ccc(-c2ccccc2N(c2ccc(-c3c(-c4ccccc4)cccc3-n3c4ccccc4c4ccccc43)cc2)c2ccc3c(ccc4ccccc43)c2)cc1. The zero-order valence-corrected chi connectivity index (χ0v) is 31.8. The first-order valence-electron chi connectivity index (χ1n) is 19.9. The highest BCUT2D eigenvalue weighted by Gasteiger charge is 2.21. The van der Waals surface area contributed by atoms with Crippen LogP contribution < -0.4 is 4.90 Å². The summed E-state index contributed by atoms with van der Waals surface area (Å²) < 4.78 is 2.45. The number of hydrogen-bond donors (Lipinski definition) is 0. The lowest BCUT2D eigenvalue weighted by Gasteiger charge is -2.28. The van der Waals surface area contributed by atoms with E-state index in [9.17, 15) is 0 Å². The molecule has 0 spiro atoms. The zero-order valence-electron chi connectivity index (χ0n) is 31.8. The van der Waals surface area contributed by atoms with Gasteiger partial charge < -0.3 is 9.47 Å². The summed E-state index contributed by atoms with van der Waals surface area (Å²) >= 11 is 0. The number of nitrogens with zero attached hydrogens (tertiary/aromatic N) is 2. The van der Waals surface area contributed by atoms with Gasteiger partial charge in [0.15, 0.2) is 0 Å². The van der Waals surface area contributed by atoms with Crippen molar-refractivity contribution in [1.82, 2.24) is 4.57 Å². The molecule has 10 aromatic carbocycles. The molecule has 0 saturated carbocycles. The van der Waals surface area contributed by atoms with E-state index in [1.807, 2.05) is 0 Å². The van der Waals surface area contributed by atoms with Crippen LogP contribution in [0.25, 0.3) is 82.4 Å². The summed E-state index contributed by atoms with van der Waals surface area (Å²) in [7, 11) is 0. The number of para-hydroxylation sites is 3. The second kappa shape index (κ2) is 14.1. The van der Waals surface area contributed by atoms with Crippen LogP contribution in [0, 0.1) is 0 Å². The third kappa shape index (κ3) is 5.66. The Hall–Kier alpha value is -7.68. The molecule has 1 aromatic heterocycles. The first-order chi connectivity index (χ1) is 28.8. The lowest BCUT2D eigenvalue weighted by atomic mass is 9.92. The fourth-order valence-electron chi connectivity index (χ4n) is 8.94. The topological polar surface area (TPSA) is 8.17 Å². The maximum absolute atomic E-state index is 2.45. The molecule has 0 atom stereocenters. The van der Waals surface area contributed by atoms with Crippen molar-refractivity contribution in [3.05, 3.63) is 231 Å². The Morgan fingerprint density at radius 1 is 0.310 bits per heavy atom. The minimum atomic E-state index is 1.09. The molecule has 0 unspecified atom stereocenters. The maximum Gasteiger partial charge on any atom is 0.0546 e. The summed E-state index contributed by atoms with van der Waals surface area (Å²) in [5.41, 5.74) is 13.9. The van der Waals surface area contributed by atoms with E-state index in [1.165, 1.54) is 71.2 Å². The maximum atomic E-state index is 2.45. The number of aromatic nitrogens is 1. The second-order valence-electron chi connectivity index (χ2n) is 14.9. The van der Waals surface area contributed by atoms with Gasteiger partial charge in [-0.2, -0.15) is 0 Å². The van der Waals surface area contributed by atoms with Crippen LogP contribution in [-0.2, 0) is 0 Å². The molecule has 0 aliphatic heterocycles. The Labute approximate surface area is 338 Å². The van der Waals surface area contributed by atoms with Gasteiger partial charge in [-0.15, -0.1) is 0 Å². The van der Waals surface area contributed by atoms with Crippen molar-refractivity contribution in [3.8, 4) is 39.1 Å². The van der Waals surface area contributed by atoms with Crippen LogP contribution in [0.4, 0.5) is 17.1 Å². The standard InChI is InChI=1S/C56H38N2/c1-3-16-39(17-4-1)48-22-9-12-26-52(48)57(45-36-37-47-43(38-45)31-30-41-20-7-8-21-46(41)47)44-34-32-42(33-35-44)56-49(40-18-5-2-6-19-40)25-15-29-55(56)58-53-27-13-10-23-50(53)51-24-11-14-28-54(51)58/h1-38H. The molecule has 272 valence electrons. The van der Waals surface area contributed by atoms with Crippen molar-refractivity contribution in [2.45, 2.75) is 0 Å². The smallest absolute Gasteiger partial charge is 0.0546 e. The summed E-state index contributed by atoms with van der Waals surface area (Å²) in [6.45, 7) is 0. The third-order valence-electron chi connectivity index (χ3n) is 11.6. The first kappa shape index (κ1) is 33.6. The summed E-state index contributed by atoms with van der Waals surface area (Å²) in [5, 5.41) is 7.48. The minimum absolute atomic E-state index is 1.09. The lowest BCUT2D eigenvalue weighted by molar-refractivity contribution is 1.18. The van der Waals surface area contributed by atoms with Crippen molar-refractivity contribution in [2.24, 2.45) is 0 Å². The second-order valence-corrected chi connectivity index (χ2v) is 14.9. The molecule has 2 nitrogen and oxygen atoms in total. The number of benzene rings is 10. The Balaban J connectivity index is 1.13. The largest absolute Gasteiger partial charge is 0.310 e. The molecule has 2 heteroatoms. The van der Waals surface area contributed by atoms with Crippen molar-refractivity contribution in [2.75, 3.05) is 4.90 Å². The molecule has 0 N–H and O–H groups in total. The van der Waals surface area contributed by atoms with Crippen LogP contribution in [0.2, 0.25) is 0 Å². The van der Waals surface area contributed by atoms with Gasteiger partial charge in [-0.1, -0.05) is 182 Å². The van der Waals surface area contributed by atoms with Gasteiger partial charge in [-0.25, -0.2) is 0 Å². The molecule has 0 aliphatic rings. The van der Waals surface area contributed by atoms with E-state index in [4.69, 9.17) is 0 Å². The molecule has 0 bridgehead atoms. The first-order valence-corrected chi connectivity index (χ1v) is 19.9. The van der Waals surface area contributed by atoms with E-state index in [2.05, 4.69) is 240 Å². The van der Waals surface area contributed by atoms with Gasteiger partial charge in [0.25, 0.3) is 0 Å². The molecule has 58 heavy (non-hydrogen) atoms. The van der Waals surface area contributed by atoms with Crippen LogP contribution in [-0.4, -0.2) is 4.57 Å². The Bertz CT molecular complexity index is 3220. The van der Waals surface area contributed by atoms with Crippen LogP contribution in [0.5, 0.6) is 0 Å². The van der Waals surface area contributed by atoms with Crippen LogP contribution in [0.1, 0.15) is 0 Å². The number of fused-ring (bicyclic) bond motifs is 6. The van der Waals surface area contributed by atoms with Crippen molar-refractivity contribution in [1.29, 1.82) is 0 Å². The summed E-state index contributed by atoms with van der Waals surface area (Å²) in [6.07, 6.45) is 0. The Morgan fingerprint density at radius 3 is 1.57 bits per heavy atom. The monoisotopic (exact) mass is 738 g/mol. The minimum Gasteiger partial charge on any atom is -0.310 e. The summed E-state index contributed by atoms with van der Waals surface area (Å²) in [5.74, 6) is 0. The summed E-state index contributed by atoms with van der Waals surface area (Å²) in [6, 6.07) is 83.7. The van der Waals surface area contributed by atoms with Gasteiger partial charge in [0.05, 0.1) is 22.4 Å². The highest BCUT2D eigenvalue weighted by Crippen LogP contribution is 2.45. The van der Waals surface area contributed by atoms with Crippen LogP contribution >= 0.6 is 0 Å². The van der Waals surface area contributed by atoms with Gasteiger partial charge in [-0.05, 0) is 92.3 Å².